The average molecular weight is 499 g/mol. The van der Waals surface area contributed by atoms with Crippen LogP contribution in [0.5, 0.6) is 5.75 Å². The van der Waals surface area contributed by atoms with Crippen molar-refractivity contribution in [3.63, 3.8) is 0 Å². The molecule has 0 saturated carbocycles. The predicted octanol–water partition coefficient (Wildman–Crippen LogP) is 5.62. The molecule has 0 aliphatic carbocycles. The maximum absolute atomic E-state index is 6.71. The number of nitrogens with one attached hydrogen (secondary N) is 1. The van der Waals surface area contributed by atoms with Crippen LogP contribution < -0.4 is 19.9 Å². The number of hydrogen-bond acceptors (Lipinski definition) is 6. The van der Waals surface area contributed by atoms with Gasteiger partial charge >= 0.3 is 0 Å². The van der Waals surface area contributed by atoms with Gasteiger partial charge in [0.25, 0.3) is 0 Å². The SMILES string of the molecule is CN(C)c1ccc([C@@H]2Oc3ccc(Cl)cc3C3=C2[C@@H](c2ccc(N(C)C)cc2)n2ncnc2N3)cc1. The van der Waals surface area contributed by atoms with Gasteiger partial charge in [-0.3, -0.25) is 0 Å². The Kier molecular flexibility index (Phi) is 5.38. The number of fused-ring (bicyclic) bond motifs is 3. The Morgan fingerprint density at radius 2 is 1.50 bits per heavy atom. The molecular formula is C28H27ClN6O. The molecule has 182 valence electrons. The third-order valence-corrected chi connectivity index (χ3v) is 7.05. The second-order valence-electron chi connectivity index (χ2n) is 9.50. The fraction of sp³-hybridized carbons (Fsp3) is 0.214. The molecule has 0 unspecified atom stereocenters. The van der Waals surface area contributed by atoms with Gasteiger partial charge in [-0.25, -0.2) is 4.68 Å². The number of anilines is 3. The molecule has 1 N–H and O–H groups in total. The fourth-order valence-corrected chi connectivity index (χ4v) is 5.11. The normalized spacial score (nSPS) is 17.9. The summed E-state index contributed by atoms with van der Waals surface area (Å²) in [6.07, 6.45) is 1.26. The lowest BCUT2D eigenvalue weighted by molar-refractivity contribution is 0.223. The zero-order valence-electron chi connectivity index (χ0n) is 20.6. The van der Waals surface area contributed by atoms with Crippen LogP contribution in [-0.2, 0) is 0 Å². The monoisotopic (exact) mass is 498 g/mol. The van der Waals surface area contributed by atoms with Gasteiger partial charge < -0.3 is 19.9 Å². The van der Waals surface area contributed by atoms with Gasteiger partial charge in [0.05, 0.1) is 5.70 Å². The first-order valence-electron chi connectivity index (χ1n) is 11.8. The summed E-state index contributed by atoms with van der Waals surface area (Å²) in [6.45, 7) is 0. The second kappa shape index (κ2) is 8.60. The van der Waals surface area contributed by atoms with Gasteiger partial charge in [-0.15, -0.1) is 0 Å². The van der Waals surface area contributed by atoms with Gasteiger partial charge in [0.1, 0.15) is 24.2 Å². The number of ether oxygens (including phenoxy) is 1. The van der Waals surface area contributed by atoms with E-state index in [4.69, 9.17) is 16.3 Å². The van der Waals surface area contributed by atoms with Crippen molar-refractivity contribution >= 4 is 34.6 Å². The van der Waals surface area contributed by atoms with Crippen LogP contribution in [-0.4, -0.2) is 43.0 Å². The Balaban J connectivity index is 1.57. The van der Waals surface area contributed by atoms with Crippen molar-refractivity contribution in [3.05, 3.63) is 100 Å². The minimum atomic E-state index is -0.326. The smallest absolute Gasteiger partial charge is 0.226 e. The summed E-state index contributed by atoms with van der Waals surface area (Å²) >= 11 is 6.44. The van der Waals surface area contributed by atoms with Gasteiger partial charge in [-0.2, -0.15) is 10.1 Å². The number of rotatable bonds is 4. The number of aromatic nitrogens is 3. The molecule has 0 bridgehead atoms. The van der Waals surface area contributed by atoms with Gasteiger partial charge in [-0.1, -0.05) is 35.9 Å². The highest BCUT2D eigenvalue weighted by Gasteiger charge is 2.41. The van der Waals surface area contributed by atoms with E-state index in [-0.39, 0.29) is 12.1 Å². The summed E-state index contributed by atoms with van der Waals surface area (Å²) in [7, 11) is 8.16. The molecule has 6 rings (SSSR count). The lowest BCUT2D eigenvalue weighted by Gasteiger charge is -2.39. The fourth-order valence-electron chi connectivity index (χ4n) is 4.94. The van der Waals surface area contributed by atoms with Crippen LogP contribution in [0.15, 0.2) is 78.6 Å². The molecule has 2 aliphatic rings. The van der Waals surface area contributed by atoms with Crippen molar-refractivity contribution in [3.8, 4) is 5.75 Å². The Hall–Kier alpha value is -3.97. The number of halogens is 1. The van der Waals surface area contributed by atoms with Crippen molar-refractivity contribution in [2.45, 2.75) is 12.1 Å². The maximum atomic E-state index is 6.71. The van der Waals surface area contributed by atoms with Crippen molar-refractivity contribution in [2.75, 3.05) is 43.3 Å². The summed E-state index contributed by atoms with van der Waals surface area (Å²) in [5, 5.41) is 8.80. The largest absolute Gasteiger partial charge is 0.480 e. The maximum Gasteiger partial charge on any atom is 0.226 e. The van der Waals surface area contributed by atoms with E-state index in [9.17, 15) is 0 Å². The molecule has 0 fully saturated rings. The average Bonchev–Trinajstić information content (AvgIpc) is 3.35. The Morgan fingerprint density at radius 3 is 2.14 bits per heavy atom. The van der Waals surface area contributed by atoms with Crippen molar-refractivity contribution in [2.24, 2.45) is 0 Å². The van der Waals surface area contributed by atoms with E-state index >= 15 is 0 Å². The van der Waals surface area contributed by atoms with E-state index < -0.39 is 0 Å². The molecule has 2 atom stereocenters. The van der Waals surface area contributed by atoms with Crippen LogP contribution >= 0.6 is 11.6 Å². The Labute approximate surface area is 215 Å². The van der Waals surface area contributed by atoms with E-state index in [2.05, 4.69) is 73.7 Å². The van der Waals surface area contributed by atoms with Crippen LogP contribution in [0.1, 0.15) is 28.8 Å². The summed E-state index contributed by atoms with van der Waals surface area (Å²) in [6, 6.07) is 22.6. The first-order valence-corrected chi connectivity index (χ1v) is 12.2. The van der Waals surface area contributed by atoms with Gasteiger partial charge in [-0.05, 0) is 53.6 Å². The molecule has 0 spiro atoms. The molecule has 8 heteroatoms. The molecule has 3 aromatic carbocycles. The third-order valence-electron chi connectivity index (χ3n) is 6.81. The topological polar surface area (TPSA) is 58.5 Å². The van der Waals surface area contributed by atoms with Crippen LogP contribution in [0.4, 0.5) is 17.3 Å². The molecule has 2 aliphatic heterocycles. The van der Waals surface area contributed by atoms with Crippen LogP contribution in [0.25, 0.3) is 5.70 Å². The van der Waals surface area contributed by atoms with Gasteiger partial charge in [0.2, 0.25) is 5.95 Å². The second-order valence-corrected chi connectivity index (χ2v) is 9.93. The summed E-state index contributed by atoms with van der Waals surface area (Å²) in [5.41, 5.74) is 7.38. The molecule has 0 radical (unpaired) electrons. The number of benzene rings is 3. The molecule has 0 saturated heterocycles. The molecule has 3 heterocycles. The minimum Gasteiger partial charge on any atom is -0.480 e. The molecule has 4 aromatic rings. The van der Waals surface area contributed by atoms with Gasteiger partial charge in [0.15, 0.2) is 0 Å². The van der Waals surface area contributed by atoms with E-state index in [0.717, 1.165) is 45.1 Å². The predicted molar refractivity (Wildman–Crippen MR) is 145 cm³/mol. The third kappa shape index (κ3) is 3.67. The zero-order valence-corrected chi connectivity index (χ0v) is 21.4. The number of hydrogen-bond donors (Lipinski definition) is 1. The van der Waals surface area contributed by atoms with E-state index in [1.807, 2.05) is 51.1 Å². The highest BCUT2D eigenvalue weighted by atomic mass is 35.5. The molecule has 36 heavy (non-hydrogen) atoms. The highest BCUT2D eigenvalue weighted by Crippen LogP contribution is 2.51. The summed E-state index contributed by atoms with van der Waals surface area (Å²) in [5.74, 6) is 1.46. The molecule has 0 amide bonds. The van der Waals surface area contributed by atoms with Crippen LogP contribution in [0.2, 0.25) is 5.02 Å². The summed E-state index contributed by atoms with van der Waals surface area (Å²) in [4.78, 5) is 8.69. The summed E-state index contributed by atoms with van der Waals surface area (Å²) < 4.78 is 8.64. The molecule has 7 nitrogen and oxygen atoms in total. The van der Waals surface area contributed by atoms with Crippen LogP contribution in [0, 0.1) is 0 Å². The quantitative estimate of drug-likeness (QED) is 0.394. The van der Waals surface area contributed by atoms with Crippen molar-refractivity contribution < 1.29 is 4.74 Å². The van der Waals surface area contributed by atoms with Crippen molar-refractivity contribution in [1.29, 1.82) is 0 Å². The van der Waals surface area contributed by atoms with Gasteiger partial charge in [0, 0.05) is 55.7 Å². The zero-order chi connectivity index (χ0) is 25.0. The molecular weight excluding hydrogens is 472 g/mol. The Morgan fingerprint density at radius 1 is 0.861 bits per heavy atom. The standard InChI is InChI=1S/C28H27ClN6O/c1-33(2)20-10-5-17(6-11-20)26-24-25(32-28-30-16-31-35(26)28)22-15-19(29)9-14-23(22)36-27(24)18-7-12-21(13-8-18)34(3)4/h5-16,26-27H,1-4H3,(H,30,31,32)/t26-,27+/m1/s1. The Bertz CT molecular complexity index is 1460. The minimum absolute atomic E-state index is 0.208. The number of nitrogens with zero attached hydrogens (tertiary/aromatic N) is 5. The first-order chi connectivity index (χ1) is 17.4. The van der Waals surface area contributed by atoms with Crippen molar-refractivity contribution in [1.82, 2.24) is 14.8 Å². The van der Waals surface area contributed by atoms with E-state index in [1.54, 1.807) is 6.33 Å². The lowest BCUT2D eigenvalue weighted by atomic mass is 9.84. The lowest BCUT2D eigenvalue weighted by Crippen LogP contribution is -2.32. The molecule has 1 aromatic heterocycles. The highest BCUT2D eigenvalue weighted by molar-refractivity contribution is 6.30. The van der Waals surface area contributed by atoms with E-state index in [1.165, 1.54) is 0 Å². The first kappa shape index (κ1) is 22.5. The van der Waals surface area contributed by atoms with E-state index in [0.29, 0.717) is 11.0 Å². The van der Waals surface area contributed by atoms with Crippen LogP contribution in [0.3, 0.4) is 0 Å².